The van der Waals surface area contributed by atoms with Crippen LogP contribution in [0.3, 0.4) is 0 Å². The molecule has 298 valence electrons. The molecule has 0 N–H and O–H groups in total. The van der Waals surface area contributed by atoms with E-state index in [0.717, 1.165) is 13.0 Å². The van der Waals surface area contributed by atoms with Gasteiger partial charge in [0.1, 0.15) is 0 Å². The second-order valence-corrected chi connectivity index (χ2v) is 17.9. The van der Waals surface area contributed by atoms with Crippen molar-refractivity contribution in [2.45, 2.75) is 38.1 Å². The number of allylic oxidation sites excluding steroid dienone is 2. The Morgan fingerprint density at radius 1 is 0.565 bits per heavy atom. The Morgan fingerprint density at radius 2 is 1.19 bits per heavy atom. The van der Waals surface area contributed by atoms with Crippen LogP contribution in [0, 0.1) is 5.92 Å². The molecule has 2 aliphatic carbocycles. The van der Waals surface area contributed by atoms with Crippen molar-refractivity contribution in [2.75, 3.05) is 16.3 Å². The van der Waals surface area contributed by atoms with Gasteiger partial charge in [0.25, 0.3) is 0 Å². The highest BCUT2D eigenvalue weighted by Crippen LogP contribution is 2.52. The van der Waals surface area contributed by atoms with Gasteiger partial charge in [0, 0.05) is 45.7 Å². The molecule has 0 radical (unpaired) electrons. The summed E-state index contributed by atoms with van der Waals surface area (Å²) in [5.41, 5.74) is 18.2. The molecule has 12 rings (SSSR count). The van der Waals surface area contributed by atoms with Gasteiger partial charge in [-0.1, -0.05) is 196 Å². The van der Waals surface area contributed by atoms with Gasteiger partial charge < -0.3 is 9.80 Å². The topological polar surface area (TPSA) is 6.48 Å². The molecule has 0 saturated carbocycles. The van der Waals surface area contributed by atoms with Crippen LogP contribution >= 0.6 is 0 Å². The van der Waals surface area contributed by atoms with Gasteiger partial charge in [-0.3, -0.25) is 0 Å². The zero-order valence-electron chi connectivity index (χ0n) is 35.3. The Labute approximate surface area is 365 Å². The number of benzene rings is 8. The smallest absolute Gasteiger partial charge is 0.0623 e. The van der Waals surface area contributed by atoms with Crippen LogP contribution in [-0.2, 0) is 11.8 Å². The summed E-state index contributed by atoms with van der Waals surface area (Å²) in [6.07, 6.45) is 20.7. The zero-order valence-corrected chi connectivity index (χ0v) is 35.3. The van der Waals surface area contributed by atoms with Crippen LogP contribution < -0.4 is 9.80 Å². The van der Waals surface area contributed by atoms with Gasteiger partial charge in [-0.2, -0.15) is 0 Å². The Morgan fingerprint density at radius 3 is 1.98 bits per heavy atom. The van der Waals surface area contributed by atoms with E-state index in [9.17, 15) is 0 Å². The molecule has 8 aromatic carbocycles. The molecule has 0 saturated heterocycles. The predicted molar refractivity (Wildman–Crippen MR) is 265 cm³/mol. The molecular formula is C60H48N2. The van der Waals surface area contributed by atoms with Crippen molar-refractivity contribution in [3.8, 4) is 22.3 Å². The van der Waals surface area contributed by atoms with Gasteiger partial charge in [0.05, 0.1) is 11.7 Å². The van der Waals surface area contributed by atoms with E-state index >= 15 is 0 Å². The predicted octanol–water partition coefficient (Wildman–Crippen LogP) is 15.5. The number of anilines is 4. The third-order valence-electron chi connectivity index (χ3n) is 14.1. The zero-order chi connectivity index (χ0) is 41.4. The van der Waals surface area contributed by atoms with E-state index < -0.39 is 0 Å². The Bertz CT molecular complexity index is 3150. The van der Waals surface area contributed by atoms with Crippen LogP contribution in [0.1, 0.15) is 53.6 Å². The van der Waals surface area contributed by atoms with E-state index in [-0.39, 0.29) is 17.4 Å². The van der Waals surface area contributed by atoms with Gasteiger partial charge in [-0.15, -0.1) is 0 Å². The first-order valence-electron chi connectivity index (χ1n) is 22.3. The molecule has 0 amide bonds. The van der Waals surface area contributed by atoms with E-state index in [1.165, 1.54) is 106 Å². The summed E-state index contributed by atoms with van der Waals surface area (Å²) in [6.45, 7) is 5.84. The standard InChI is InChI=1S/C60H48N2/c1-60(2)53-38-41(29-35-47(53)48-36-34-46(39-54(48)60)61-37-13-17-42-14-3-10-22-55(42)61)26-25-40-27-30-45(31-28-40)58-49-18-6-8-20-51(49)59(52-21-9-7-19-50(52)58)62-56-23-11-4-15-43(56)32-33-44-16-5-12-24-57(44)62/h3-12,14-16,18-36,38-39,43,56H,13,17,37H2,1-2H3/b26-25+. The van der Waals surface area contributed by atoms with Crippen molar-refractivity contribution >= 4 is 62.5 Å². The quantitative estimate of drug-likeness (QED) is 0.126. The van der Waals surface area contributed by atoms with Crippen molar-refractivity contribution in [1.29, 1.82) is 0 Å². The fraction of sp³-hybridized carbons (Fsp3) is 0.133. The SMILES string of the molecule is CC1(C)c2cc(/C=C/c3ccc(-c4c5ccccc5c(N5c6ccccc6C=CC6C=CC=CC65)c5ccccc45)cc3)ccc2-c2ccc(N3CCCc4ccccc43)cc21. The lowest BCUT2D eigenvalue weighted by molar-refractivity contribution is 0.659. The maximum absolute atomic E-state index is 2.60. The summed E-state index contributed by atoms with van der Waals surface area (Å²) < 4.78 is 0. The minimum absolute atomic E-state index is 0.0953. The Kier molecular flexibility index (Phi) is 8.57. The van der Waals surface area contributed by atoms with E-state index in [1.54, 1.807) is 0 Å². The minimum atomic E-state index is -0.0953. The van der Waals surface area contributed by atoms with E-state index in [1.807, 2.05) is 0 Å². The number of hydrogen-bond acceptors (Lipinski definition) is 2. The van der Waals surface area contributed by atoms with Crippen LogP contribution in [0.25, 0.3) is 62.0 Å². The number of rotatable bonds is 5. The second kappa shape index (κ2) is 14.5. The molecule has 4 aliphatic rings. The molecule has 2 atom stereocenters. The summed E-state index contributed by atoms with van der Waals surface area (Å²) in [5, 5.41) is 5.05. The van der Waals surface area contributed by atoms with Crippen LogP contribution in [0.4, 0.5) is 22.7 Å². The minimum Gasteiger partial charge on any atom is -0.341 e. The Hall–Kier alpha value is -7.16. The number of fused-ring (bicyclic) bond motifs is 8. The average molecular weight is 797 g/mol. The summed E-state index contributed by atoms with van der Waals surface area (Å²) in [7, 11) is 0. The van der Waals surface area contributed by atoms with Crippen LogP contribution in [0.15, 0.2) is 188 Å². The highest BCUT2D eigenvalue weighted by Gasteiger charge is 2.36. The molecule has 0 spiro atoms. The van der Waals surface area contributed by atoms with Crippen molar-refractivity contribution in [3.05, 3.63) is 221 Å². The van der Waals surface area contributed by atoms with Gasteiger partial charge in [0.2, 0.25) is 0 Å². The fourth-order valence-electron chi connectivity index (χ4n) is 11.0. The van der Waals surface area contributed by atoms with Crippen LogP contribution in [0.2, 0.25) is 0 Å². The normalized spacial score (nSPS) is 18.1. The molecule has 2 nitrogen and oxygen atoms in total. The summed E-state index contributed by atoms with van der Waals surface area (Å²) in [5.74, 6) is 0.265. The molecule has 0 bridgehead atoms. The van der Waals surface area contributed by atoms with Gasteiger partial charge >= 0.3 is 0 Å². The number of aryl methyl sites for hydroxylation is 1. The molecular weight excluding hydrogens is 749 g/mol. The Balaban J connectivity index is 0.878. The average Bonchev–Trinajstić information content (AvgIpc) is 3.42. The monoisotopic (exact) mass is 796 g/mol. The molecule has 62 heavy (non-hydrogen) atoms. The second-order valence-electron chi connectivity index (χ2n) is 17.9. The largest absolute Gasteiger partial charge is 0.341 e. The molecule has 0 aromatic heterocycles. The first-order valence-corrected chi connectivity index (χ1v) is 22.3. The van der Waals surface area contributed by atoms with Crippen LogP contribution in [-0.4, -0.2) is 12.6 Å². The van der Waals surface area contributed by atoms with Crippen molar-refractivity contribution in [1.82, 2.24) is 0 Å². The number of nitrogens with zero attached hydrogens (tertiary/aromatic N) is 2. The number of para-hydroxylation sites is 2. The summed E-state index contributed by atoms with van der Waals surface area (Å²) >= 11 is 0. The van der Waals surface area contributed by atoms with Gasteiger partial charge in [-0.05, 0) is 104 Å². The lowest BCUT2D eigenvalue weighted by Crippen LogP contribution is -2.35. The maximum atomic E-state index is 2.60. The highest BCUT2D eigenvalue weighted by molar-refractivity contribution is 6.21. The molecule has 8 aromatic rings. The lowest BCUT2D eigenvalue weighted by Gasteiger charge is -2.37. The van der Waals surface area contributed by atoms with Crippen molar-refractivity contribution in [2.24, 2.45) is 5.92 Å². The summed E-state index contributed by atoms with van der Waals surface area (Å²) in [6, 6.07) is 59.3. The first-order chi connectivity index (χ1) is 30.5. The highest BCUT2D eigenvalue weighted by atomic mass is 15.2. The lowest BCUT2D eigenvalue weighted by atomic mass is 9.81. The van der Waals surface area contributed by atoms with Gasteiger partial charge in [0.15, 0.2) is 0 Å². The van der Waals surface area contributed by atoms with Crippen molar-refractivity contribution in [3.63, 3.8) is 0 Å². The summed E-state index contributed by atoms with van der Waals surface area (Å²) in [4.78, 5) is 5.12. The third kappa shape index (κ3) is 5.85. The molecule has 0 fully saturated rings. The van der Waals surface area contributed by atoms with Crippen molar-refractivity contribution < 1.29 is 0 Å². The van der Waals surface area contributed by atoms with E-state index in [4.69, 9.17) is 0 Å². The van der Waals surface area contributed by atoms with E-state index in [0.29, 0.717) is 0 Å². The fourth-order valence-corrected chi connectivity index (χ4v) is 11.0. The first kappa shape index (κ1) is 36.7. The molecule has 2 aliphatic heterocycles. The van der Waals surface area contributed by atoms with E-state index in [2.05, 4.69) is 230 Å². The van der Waals surface area contributed by atoms with Gasteiger partial charge in [-0.25, -0.2) is 0 Å². The van der Waals surface area contributed by atoms with Crippen LogP contribution in [0.5, 0.6) is 0 Å². The molecule has 2 heteroatoms. The molecule has 2 unspecified atom stereocenters. The third-order valence-corrected chi connectivity index (χ3v) is 14.1. The number of hydrogen-bond donors (Lipinski definition) is 0. The molecule has 2 heterocycles. The maximum Gasteiger partial charge on any atom is 0.0623 e.